The number of ether oxygens (including phenoxy) is 1. The zero-order valence-corrected chi connectivity index (χ0v) is 8.81. The number of methoxy groups -OCH3 is 1. The van der Waals surface area contributed by atoms with Crippen LogP contribution in [0, 0.1) is 13.8 Å². The SMILES string of the molecule is COC(=O)c1cc(N=[N+]=[N-])cc(C)c1C. The summed E-state index contributed by atoms with van der Waals surface area (Å²) in [5.74, 6) is -0.425. The Morgan fingerprint density at radius 1 is 1.47 bits per heavy atom. The molecule has 1 rings (SSSR count). The van der Waals surface area contributed by atoms with E-state index in [1.165, 1.54) is 13.2 Å². The highest BCUT2D eigenvalue weighted by Crippen LogP contribution is 2.22. The van der Waals surface area contributed by atoms with E-state index in [0.29, 0.717) is 11.3 Å². The first kappa shape index (κ1) is 11.1. The van der Waals surface area contributed by atoms with E-state index in [1.54, 1.807) is 6.07 Å². The number of carbonyl (C=O) groups is 1. The molecule has 5 heteroatoms. The molecule has 0 atom stereocenters. The third kappa shape index (κ3) is 2.27. The van der Waals surface area contributed by atoms with Crippen molar-refractivity contribution in [3.05, 3.63) is 39.3 Å². The Balaban J connectivity index is 3.37. The van der Waals surface area contributed by atoms with E-state index >= 15 is 0 Å². The number of aryl methyl sites for hydroxylation is 1. The molecule has 0 aliphatic rings. The molecule has 0 unspecified atom stereocenters. The smallest absolute Gasteiger partial charge is 0.338 e. The molecular weight excluding hydrogens is 194 g/mol. The lowest BCUT2D eigenvalue weighted by atomic mass is 10.0. The van der Waals surface area contributed by atoms with Crippen molar-refractivity contribution in [1.29, 1.82) is 0 Å². The van der Waals surface area contributed by atoms with Crippen molar-refractivity contribution in [2.45, 2.75) is 13.8 Å². The minimum atomic E-state index is -0.425. The number of esters is 1. The van der Waals surface area contributed by atoms with Gasteiger partial charge in [0.25, 0.3) is 0 Å². The molecule has 0 spiro atoms. The van der Waals surface area contributed by atoms with Crippen molar-refractivity contribution in [1.82, 2.24) is 0 Å². The summed E-state index contributed by atoms with van der Waals surface area (Å²) in [5, 5.41) is 3.46. The highest BCUT2D eigenvalue weighted by atomic mass is 16.5. The molecule has 0 radical (unpaired) electrons. The molecule has 0 fully saturated rings. The Hall–Kier alpha value is -2.00. The molecule has 0 N–H and O–H groups in total. The zero-order valence-electron chi connectivity index (χ0n) is 8.81. The van der Waals surface area contributed by atoms with Crippen molar-refractivity contribution >= 4 is 11.7 Å². The summed E-state index contributed by atoms with van der Waals surface area (Å²) in [6.07, 6.45) is 0. The molecule has 5 nitrogen and oxygen atoms in total. The third-order valence-electron chi connectivity index (χ3n) is 2.22. The second kappa shape index (κ2) is 4.48. The van der Waals surface area contributed by atoms with E-state index < -0.39 is 5.97 Å². The first-order chi connectivity index (χ1) is 7.10. The van der Waals surface area contributed by atoms with Gasteiger partial charge in [0.1, 0.15) is 0 Å². The van der Waals surface area contributed by atoms with Gasteiger partial charge < -0.3 is 4.74 Å². The highest BCUT2D eigenvalue weighted by Gasteiger charge is 2.11. The highest BCUT2D eigenvalue weighted by molar-refractivity contribution is 5.92. The van der Waals surface area contributed by atoms with Gasteiger partial charge in [-0.2, -0.15) is 0 Å². The summed E-state index contributed by atoms with van der Waals surface area (Å²) < 4.78 is 4.63. The molecular formula is C10H11N3O2. The monoisotopic (exact) mass is 205 g/mol. The number of hydrogen-bond acceptors (Lipinski definition) is 3. The Morgan fingerprint density at radius 3 is 2.67 bits per heavy atom. The fourth-order valence-electron chi connectivity index (χ4n) is 1.27. The van der Waals surface area contributed by atoms with Crippen LogP contribution in [0.1, 0.15) is 21.5 Å². The summed E-state index contributed by atoms with van der Waals surface area (Å²) in [4.78, 5) is 14.1. The van der Waals surface area contributed by atoms with Crippen LogP contribution in [0.4, 0.5) is 5.69 Å². The molecule has 15 heavy (non-hydrogen) atoms. The van der Waals surface area contributed by atoms with Crippen LogP contribution in [0.5, 0.6) is 0 Å². The number of hydrogen-bond donors (Lipinski definition) is 0. The number of benzene rings is 1. The van der Waals surface area contributed by atoms with E-state index in [2.05, 4.69) is 14.8 Å². The van der Waals surface area contributed by atoms with E-state index in [0.717, 1.165) is 11.1 Å². The van der Waals surface area contributed by atoms with Crippen molar-refractivity contribution in [2.24, 2.45) is 5.11 Å². The van der Waals surface area contributed by atoms with Gasteiger partial charge >= 0.3 is 5.97 Å². The van der Waals surface area contributed by atoms with Crippen LogP contribution < -0.4 is 0 Å². The van der Waals surface area contributed by atoms with Gasteiger partial charge in [-0.05, 0) is 42.6 Å². The van der Waals surface area contributed by atoms with Crippen molar-refractivity contribution in [3.8, 4) is 0 Å². The second-order valence-corrected chi connectivity index (χ2v) is 3.12. The number of carbonyl (C=O) groups excluding carboxylic acids is 1. The average molecular weight is 205 g/mol. The molecule has 1 aromatic rings. The molecule has 0 heterocycles. The van der Waals surface area contributed by atoms with E-state index in [4.69, 9.17) is 5.53 Å². The van der Waals surface area contributed by atoms with Crippen LogP contribution in [0.3, 0.4) is 0 Å². The van der Waals surface area contributed by atoms with Gasteiger partial charge in [0.2, 0.25) is 0 Å². The molecule has 0 aliphatic heterocycles. The predicted octanol–water partition coefficient (Wildman–Crippen LogP) is 3.03. The maximum absolute atomic E-state index is 11.4. The van der Waals surface area contributed by atoms with Crippen molar-refractivity contribution < 1.29 is 9.53 Å². The minimum absolute atomic E-state index is 0.418. The maximum atomic E-state index is 11.4. The van der Waals surface area contributed by atoms with E-state index in [-0.39, 0.29) is 0 Å². The van der Waals surface area contributed by atoms with Crippen LogP contribution >= 0.6 is 0 Å². The molecule has 1 aromatic carbocycles. The van der Waals surface area contributed by atoms with Gasteiger partial charge in [-0.3, -0.25) is 0 Å². The van der Waals surface area contributed by atoms with Gasteiger partial charge in [0, 0.05) is 10.6 Å². The summed E-state index contributed by atoms with van der Waals surface area (Å²) in [6.45, 7) is 3.67. The standard InChI is InChI=1S/C10H11N3O2/c1-6-4-8(12-13-11)5-9(7(6)2)10(14)15-3/h4-5H,1-3H3. The van der Waals surface area contributed by atoms with Crippen LogP contribution in [0.25, 0.3) is 10.4 Å². The first-order valence-corrected chi connectivity index (χ1v) is 4.34. The molecule has 0 aliphatic carbocycles. The number of azide groups is 1. The fourth-order valence-corrected chi connectivity index (χ4v) is 1.27. The normalized spacial score (nSPS) is 9.27. The van der Waals surface area contributed by atoms with Gasteiger partial charge in [-0.25, -0.2) is 4.79 Å². The zero-order chi connectivity index (χ0) is 11.4. The van der Waals surface area contributed by atoms with E-state index in [1.807, 2.05) is 13.8 Å². The Bertz CT molecular complexity index is 448. The van der Waals surface area contributed by atoms with Gasteiger partial charge in [0.05, 0.1) is 12.7 Å². The number of nitrogens with zero attached hydrogens (tertiary/aromatic N) is 3. The molecule has 0 bridgehead atoms. The molecule has 0 saturated carbocycles. The van der Waals surface area contributed by atoms with Crippen LogP contribution in [0.15, 0.2) is 17.2 Å². The fraction of sp³-hybridized carbons (Fsp3) is 0.300. The number of rotatable bonds is 2. The van der Waals surface area contributed by atoms with Gasteiger partial charge in [-0.1, -0.05) is 5.11 Å². The summed E-state index contributed by atoms with van der Waals surface area (Å²) in [6, 6.07) is 3.25. The lowest BCUT2D eigenvalue weighted by molar-refractivity contribution is 0.0600. The topological polar surface area (TPSA) is 75.1 Å². The third-order valence-corrected chi connectivity index (χ3v) is 2.22. The molecule has 0 amide bonds. The average Bonchev–Trinajstić information content (AvgIpc) is 2.22. The van der Waals surface area contributed by atoms with Crippen LogP contribution in [-0.2, 0) is 4.74 Å². The predicted molar refractivity (Wildman–Crippen MR) is 56.1 cm³/mol. The van der Waals surface area contributed by atoms with Gasteiger partial charge in [0.15, 0.2) is 0 Å². The summed E-state index contributed by atoms with van der Waals surface area (Å²) in [5.41, 5.74) is 10.9. The van der Waals surface area contributed by atoms with Crippen molar-refractivity contribution in [3.63, 3.8) is 0 Å². The Morgan fingerprint density at radius 2 is 2.13 bits per heavy atom. The minimum Gasteiger partial charge on any atom is -0.465 e. The van der Waals surface area contributed by atoms with Crippen LogP contribution in [-0.4, -0.2) is 13.1 Å². The molecule has 78 valence electrons. The van der Waals surface area contributed by atoms with Crippen molar-refractivity contribution in [2.75, 3.05) is 7.11 Å². The lowest BCUT2D eigenvalue weighted by Crippen LogP contribution is -2.04. The molecule has 0 saturated heterocycles. The Kier molecular flexibility index (Phi) is 3.31. The van der Waals surface area contributed by atoms with Crippen LogP contribution in [0.2, 0.25) is 0 Å². The summed E-state index contributed by atoms with van der Waals surface area (Å²) >= 11 is 0. The first-order valence-electron chi connectivity index (χ1n) is 4.34. The largest absolute Gasteiger partial charge is 0.465 e. The quantitative estimate of drug-likeness (QED) is 0.322. The Labute approximate surface area is 87.3 Å². The van der Waals surface area contributed by atoms with E-state index in [9.17, 15) is 4.79 Å². The lowest BCUT2D eigenvalue weighted by Gasteiger charge is -2.07. The van der Waals surface area contributed by atoms with Gasteiger partial charge in [-0.15, -0.1) is 0 Å². The summed E-state index contributed by atoms with van der Waals surface area (Å²) in [7, 11) is 1.32. The second-order valence-electron chi connectivity index (χ2n) is 3.12. The maximum Gasteiger partial charge on any atom is 0.338 e. The molecule has 0 aromatic heterocycles.